The molecule has 0 bridgehead atoms. The maximum atomic E-state index is 12.4. The van der Waals surface area contributed by atoms with E-state index in [1.54, 1.807) is 30.3 Å². The fourth-order valence-corrected chi connectivity index (χ4v) is 3.37. The number of anilines is 1. The van der Waals surface area contributed by atoms with Crippen LogP contribution in [0.2, 0.25) is 0 Å². The van der Waals surface area contributed by atoms with Crippen LogP contribution in [0.4, 0.5) is 5.69 Å². The number of ketones is 1. The minimum atomic E-state index is -0.259. The second-order valence-corrected chi connectivity index (χ2v) is 7.91. The Hall–Kier alpha value is -3.38. The lowest BCUT2D eigenvalue weighted by Crippen LogP contribution is -2.20. The zero-order chi connectivity index (χ0) is 22.9. The third-order valence-electron chi connectivity index (χ3n) is 4.58. The lowest BCUT2D eigenvalue weighted by Gasteiger charge is -2.13. The smallest absolute Gasteiger partial charge is 0.262 e. The maximum Gasteiger partial charge on any atom is 0.262 e. The summed E-state index contributed by atoms with van der Waals surface area (Å²) in [5, 5.41) is 2.84. The summed E-state index contributed by atoms with van der Waals surface area (Å²) in [7, 11) is 0. The van der Waals surface area contributed by atoms with Crippen LogP contribution in [0.3, 0.4) is 0 Å². The number of aryl methyl sites for hydroxylation is 1. The molecule has 3 aromatic carbocycles. The van der Waals surface area contributed by atoms with Crippen molar-refractivity contribution in [2.45, 2.75) is 13.8 Å². The molecule has 0 atom stereocenters. The third kappa shape index (κ3) is 6.56. The first-order valence-electron chi connectivity index (χ1n) is 10.2. The van der Waals surface area contributed by atoms with Crippen LogP contribution in [0.25, 0.3) is 6.08 Å². The van der Waals surface area contributed by atoms with Crippen LogP contribution >= 0.6 is 15.9 Å². The van der Waals surface area contributed by atoms with Gasteiger partial charge >= 0.3 is 0 Å². The predicted octanol–water partition coefficient (Wildman–Crippen LogP) is 6.07. The molecule has 0 aliphatic carbocycles. The van der Waals surface area contributed by atoms with Gasteiger partial charge in [-0.2, -0.15) is 0 Å². The van der Waals surface area contributed by atoms with Crippen molar-refractivity contribution < 1.29 is 19.1 Å². The molecule has 0 heterocycles. The number of allylic oxidation sites excluding steroid dienone is 1. The van der Waals surface area contributed by atoms with E-state index in [-0.39, 0.29) is 18.3 Å². The van der Waals surface area contributed by atoms with Gasteiger partial charge in [0.2, 0.25) is 0 Å². The summed E-state index contributed by atoms with van der Waals surface area (Å²) in [5.74, 6) is 0.610. The summed E-state index contributed by atoms with van der Waals surface area (Å²) in [4.78, 5) is 24.7. The molecule has 0 unspecified atom stereocenters. The molecule has 0 spiro atoms. The van der Waals surface area contributed by atoms with E-state index >= 15 is 0 Å². The summed E-state index contributed by atoms with van der Waals surface area (Å²) in [6.07, 6.45) is 3.24. The summed E-state index contributed by atoms with van der Waals surface area (Å²) < 4.78 is 12.2. The first-order valence-corrected chi connectivity index (χ1v) is 11.0. The number of nitrogens with one attached hydrogen (secondary N) is 1. The second-order valence-electron chi connectivity index (χ2n) is 7.00. The molecule has 0 aliphatic rings. The van der Waals surface area contributed by atoms with Crippen LogP contribution in [0.15, 0.2) is 77.3 Å². The van der Waals surface area contributed by atoms with Crippen LogP contribution in [-0.4, -0.2) is 24.9 Å². The van der Waals surface area contributed by atoms with Gasteiger partial charge in [-0.3, -0.25) is 9.59 Å². The SMILES string of the molecule is CCOc1cc(/C=C/C(=O)c2cccc(Br)c2)ccc1OCC(=O)Nc1ccccc1C. The highest BCUT2D eigenvalue weighted by Gasteiger charge is 2.10. The largest absolute Gasteiger partial charge is 0.490 e. The molecule has 0 saturated carbocycles. The molecule has 3 aromatic rings. The molecule has 0 radical (unpaired) electrons. The van der Waals surface area contributed by atoms with E-state index < -0.39 is 0 Å². The number of halogens is 1. The topological polar surface area (TPSA) is 64.6 Å². The molecule has 32 heavy (non-hydrogen) atoms. The van der Waals surface area contributed by atoms with Crippen LogP contribution in [-0.2, 0) is 4.79 Å². The van der Waals surface area contributed by atoms with Gasteiger partial charge in [-0.1, -0.05) is 58.4 Å². The zero-order valence-electron chi connectivity index (χ0n) is 17.9. The highest BCUT2D eigenvalue weighted by molar-refractivity contribution is 9.10. The van der Waals surface area contributed by atoms with Gasteiger partial charge in [0.25, 0.3) is 5.91 Å². The quantitative estimate of drug-likeness (QED) is 0.290. The monoisotopic (exact) mass is 493 g/mol. The molecule has 3 rings (SSSR count). The van der Waals surface area contributed by atoms with Crippen molar-refractivity contribution in [3.05, 3.63) is 94.0 Å². The van der Waals surface area contributed by atoms with Crippen LogP contribution < -0.4 is 14.8 Å². The molecular formula is C26H24BrNO4. The second kappa shape index (κ2) is 11.3. The number of para-hydroxylation sites is 1. The van der Waals surface area contributed by atoms with E-state index in [1.165, 1.54) is 6.08 Å². The number of carbonyl (C=O) groups excluding carboxylic acids is 2. The minimum absolute atomic E-state index is 0.0996. The molecule has 0 aliphatic heterocycles. The minimum Gasteiger partial charge on any atom is -0.490 e. The van der Waals surface area contributed by atoms with Gasteiger partial charge in [-0.15, -0.1) is 0 Å². The van der Waals surface area contributed by atoms with Gasteiger partial charge in [0, 0.05) is 15.7 Å². The Bertz CT molecular complexity index is 1140. The molecule has 0 fully saturated rings. The number of carbonyl (C=O) groups is 2. The number of hydrogen-bond donors (Lipinski definition) is 1. The van der Waals surface area contributed by atoms with Gasteiger partial charge in [0.05, 0.1) is 6.61 Å². The highest BCUT2D eigenvalue weighted by atomic mass is 79.9. The van der Waals surface area contributed by atoms with Crippen LogP contribution in [0.5, 0.6) is 11.5 Å². The van der Waals surface area contributed by atoms with Crippen molar-refractivity contribution in [2.75, 3.05) is 18.5 Å². The van der Waals surface area contributed by atoms with Gasteiger partial charge in [-0.25, -0.2) is 0 Å². The molecule has 0 saturated heterocycles. The molecule has 1 N–H and O–H groups in total. The zero-order valence-corrected chi connectivity index (χ0v) is 19.5. The first-order chi connectivity index (χ1) is 15.5. The average molecular weight is 494 g/mol. The van der Waals surface area contributed by atoms with E-state index in [0.717, 1.165) is 21.3 Å². The predicted molar refractivity (Wildman–Crippen MR) is 130 cm³/mol. The van der Waals surface area contributed by atoms with Crippen molar-refractivity contribution in [3.8, 4) is 11.5 Å². The van der Waals surface area contributed by atoms with Crippen molar-refractivity contribution in [3.63, 3.8) is 0 Å². The van der Waals surface area contributed by atoms with E-state index in [1.807, 2.05) is 56.3 Å². The summed E-state index contributed by atoms with van der Waals surface area (Å²) >= 11 is 3.37. The van der Waals surface area contributed by atoms with Crippen LogP contribution in [0.1, 0.15) is 28.4 Å². The van der Waals surface area contributed by atoms with Crippen molar-refractivity contribution >= 4 is 39.4 Å². The van der Waals surface area contributed by atoms with Crippen molar-refractivity contribution in [2.24, 2.45) is 0 Å². The van der Waals surface area contributed by atoms with Crippen LogP contribution in [0, 0.1) is 6.92 Å². The average Bonchev–Trinajstić information content (AvgIpc) is 2.78. The van der Waals surface area contributed by atoms with E-state index in [2.05, 4.69) is 21.2 Å². The van der Waals surface area contributed by atoms with E-state index in [0.29, 0.717) is 23.7 Å². The Morgan fingerprint density at radius 2 is 1.78 bits per heavy atom. The summed E-state index contributed by atoms with van der Waals surface area (Å²) in [5.41, 5.74) is 3.11. The van der Waals surface area contributed by atoms with Gasteiger partial charge in [-0.05, 0) is 61.4 Å². The van der Waals surface area contributed by atoms with Gasteiger partial charge in [0.15, 0.2) is 23.9 Å². The lowest BCUT2D eigenvalue weighted by molar-refractivity contribution is -0.118. The Morgan fingerprint density at radius 3 is 2.53 bits per heavy atom. The first kappa shape index (κ1) is 23.3. The van der Waals surface area contributed by atoms with Crippen molar-refractivity contribution in [1.29, 1.82) is 0 Å². The Balaban J connectivity index is 1.66. The van der Waals surface area contributed by atoms with Gasteiger partial charge in [0.1, 0.15) is 0 Å². The summed E-state index contributed by atoms with van der Waals surface area (Å²) in [6.45, 7) is 4.09. The van der Waals surface area contributed by atoms with E-state index in [9.17, 15) is 9.59 Å². The molecular weight excluding hydrogens is 470 g/mol. The fourth-order valence-electron chi connectivity index (χ4n) is 2.97. The van der Waals surface area contributed by atoms with Crippen molar-refractivity contribution in [1.82, 2.24) is 0 Å². The number of ether oxygens (including phenoxy) is 2. The molecule has 5 nitrogen and oxygen atoms in total. The lowest BCUT2D eigenvalue weighted by atomic mass is 10.1. The Labute approximate surface area is 196 Å². The highest BCUT2D eigenvalue weighted by Crippen LogP contribution is 2.29. The number of benzene rings is 3. The normalized spacial score (nSPS) is 10.7. The maximum absolute atomic E-state index is 12.4. The number of rotatable bonds is 9. The Kier molecular flexibility index (Phi) is 8.22. The van der Waals surface area contributed by atoms with E-state index in [4.69, 9.17) is 9.47 Å². The number of hydrogen-bond acceptors (Lipinski definition) is 4. The fraction of sp³-hybridized carbons (Fsp3) is 0.154. The Morgan fingerprint density at radius 1 is 0.969 bits per heavy atom. The van der Waals surface area contributed by atoms with Gasteiger partial charge < -0.3 is 14.8 Å². The summed E-state index contributed by atoms with van der Waals surface area (Å²) in [6, 6.07) is 20.1. The molecule has 0 aromatic heterocycles. The third-order valence-corrected chi connectivity index (χ3v) is 5.08. The molecule has 1 amide bonds. The standard InChI is InChI=1S/C26H24BrNO4/c1-3-31-25-15-19(11-13-23(29)20-8-6-9-21(27)16-20)12-14-24(25)32-17-26(30)28-22-10-5-4-7-18(22)2/h4-16H,3,17H2,1-2H3,(H,28,30)/b13-11+. The molecule has 6 heteroatoms. The number of amides is 1. The molecule has 164 valence electrons.